The molecule has 17 heavy (non-hydrogen) atoms. The molecule has 0 fully saturated rings. The van der Waals surface area contributed by atoms with Crippen molar-refractivity contribution in [2.45, 2.75) is 13.8 Å². The number of methoxy groups -OCH3 is 1. The van der Waals surface area contributed by atoms with E-state index >= 15 is 0 Å². The monoisotopic (exact) mass is 262 g/mol. The van der Waals surface area contributed by atoms with Crippen molar-refractivity contribution in [3.63, 3.8) is 0 Å². The summed E-state index contributed by atoms with van der Waals surface area (Å²) in [5, 5.41) is 0. The van der Waals surface area contributed by atoms with Gasteiger partial charge in [0.25, 0.3) is 0 Å². The van der Waals surface area contributed by atoms with Crippen molar-refractivity contribution < 1.29 is 27.9 Å². The Kier molecular flexibility index (Phi) is 7.34. The fourth-order valence-corrected chi connectivity index (χ4v) is 2.18. The van der Waals surface area contributed by atoms with Crippen molar-refractivity contribution in [1.82, 2.24) is 0 Å². The van der Waals surface area contributed by atoms with Crippen LogP contribution in [-0.2, 0) is 23.1 Å². The number of esters is 1. The average Bonchev–Trinajstić information content (AvgIpc) is 2.30. The molecule has 0 atom stereocenters. The molecule has 0 aromatic rings. The van der Waals surface area contributed by atoms with Crippen molar-refractivity contribution in [1.29, 1.82) is 0 Å². The second kappa shape index (κ2) is 7.92. The van der Waals surface area contributed by atoms with Gasteiger partial charge < -0.3 is 19.3 Å². The van der Waals surface area contributed by atoms with Gasteiger partial charge in [0.05, 0.1) is 20.3 Å². The van der Waals surface area contributed by atoms with E-state index in [1.165, 1.54) is 0 Å². The molecule has 0 radical (unpaired) electrons. The lowest BCUT2D eigenvalue weighted by Gasteiger charge is -2.11. The van der Waals surface area contributed by atoms with Crippen LogP contribution >= 0.6 is 7.60 Å². The fraction of sp³-hybridized carbons (Fsp3) is 0.556. The van der Waals surface area contributed by atoms with Gasteiger partial charge in [-0.25, -0.2) is 4.79 Å². The summed E-state index contributed by atoms with van der Waals surface area (Å²) in [6, 6.07) is 0. The Hall–Kier alpha value is -1.26. The summed E-state index contributed by atoms with van der Waals surface area (Å²) in [4.78, 5) is 13.7. The van der Waals surface area contributed by atoms with Crippen LogP contribution in [0.25, 0.3) is 5.53 Å². The molecule has 0 aromatic heterocycles. The van der Waals surface area contributed by atoms with E-state index in [9.17, 15) is 9.36 Å². The highest BCUT2D eigenvalue weighted by Crippen LogP contribution is 2.49. The zero-order valence-corrected chi connectivity index (χ0v) is 10.8. The summed E-state index contributed by atoms with van der Waals surface area (Å²) in [6.07, 6.45) is 1.03. The molecule has 0 heterocycles. The Bertz CT molecular complexity index is 377. The number of nitrogens with zero attached hydrogens (tertiary/aromatic N) is 2. The van der Waals surface area contributed by atoms with Crippen molar-refractivity contribution in [3.8, 4) is 0 Å². The summed E-state index contributed by atoms with van der Waals surface area (Å²) >= 11 is 0. The number of hydrogen-bond donors (Lipinski definition) is 0. The van der Waals surface area contributed by atoms with Crippen molar-refractivity contribution in [3.05, 3.63) is 17.4 Å². The first kappa shape index (κ1) is 15.7. The lowest BCUT2D eigenvalue weighted by Crippen LogP contribution is -2.14. The quantitative estimate of drug-likeness (QED) is 0.228. The maximum atomic E-state index is 11.9. The van der Waals surface area contributed by atoms with Crippen LogP contribution in [0, 0.1) is 0 Å². The Morgan fingerprint density at radius 2 is 1.88 bits per heavy atom. The molecule has 0 aliphatic heterocycles. The van der Waals surface area contributed by atoms with E-state index in [1.807, 2.05) is 0 Å². The molecule has 0 saturated heterocycles. The van der Waals surface area contributed by atoms with Gasteiger partial charge in [-0.05, 0) is 13.8 Å². The second-order valence-electron chi connectivity index (χ2n) is 2.67. The molecular weight excluding hydrogens is 247 g/mol. The van der Waals surface area contributed by atoms with E-state index < -0.39 is 19.3 Å². The minimum atomic E-state index is -3.42. The zero-order valence-electron chi connectivity index (χ0n) is 9.95. The van der Waals surface area contributed by atoms with Crippen LogP contribution in [-0.4, -0.2) is 36.8 Å². The molecule has 0 unspecified atom stereocenters. The van der Waals surface area contributed by atoms with E-state index in [0.717, 1.165) is 19.0 Å². The van der Waals surface area contributed by atoms with E-state index in [1.54, 1.807) is 13.8 Å². The maximum absolute atomic E-state index is 11.9. The molecule has 0 N–H and O–H groups in total. The van der Waals surface area contributed by atoms with Gasteiger partial charge in [0.2, 0.25) is 0 Å². The Morgan fingerprint density at radius 3 is 2.24 bits per heavy atom. The lowest BCUT2D eigenvalue weighted by molar-refractivity contribution is -0.137. The number of rotatable bonds is 7. The highest BCUT2D eigenvalue weighted by molar-refractivity contribution is 7.57. The minimum Gasteiger partial charge on any atom is -0.460 e. The smallest absolute Gasteiger partial charge is 0.421 e. The molecule has 0 aliphatic carbocycles. The van der Waals surface area contributed by atoms with Crippen LogP contribution in [0.1, 0.15) is 13.8 Å². The second-order valence-corrected chi connectivity index (χ2v) is 4.56. The van der Waals surface area contributed by atoms with Crippen molar-refractivity contribution in [2.75, 3.05) is 20.3 Å². The summed E-state index contributed by atoms with van der Waals surface area (Å²) in [6.45, 7) is 3.68. The predicted octanol–water partition coefficient (Wildman–Crippen LogP) is 1.61. The van der Waals surface area contributed by atoms with Crippen LogP contribution in [0.4, 0.5) is 0 Å². The molecule has 0 amide bonds. The molecule has 0 spiro atoms. The largest absolute Gasteiger partial charge is 0.460 e. The van der Waals surface area contributed by atoms with Gasteiger partial charge in [0.1, 0.15) is 0 Å². The van der Waals surface area contributed by atoms with Crippen molar-refractivity contribution >= 4 is 19.3 Å². The van der Waals surface area contributed by atoms with Gasteiger partial charge in [0.15, 0.2) is 0 Å². The Labute approximate surface area is 99.5 Å². The third-order valence-corrected chi connectivity index (χ3v) is 3.29. The third kappa shape index (κ3) is 5.56. The SMILES string of the molecule is CCOP(=O)(/C=C/C(=[N+]=[N-])C(=O)OC)OCC. The first-order valence-electron chi connectivity index (χ1n) is 4.91. The fourth-order valence-electron chi connectivity index (χ4n) is 0.892. The van der Waals surface area contributed by atoms with Crippen LogP contribution < -0.4 is 0 Å². The van der Waals surface area contributed by atoms with E-state index in [0.29, 0.717) is 0 Å². The van der Waals surface area contributed by atoms with Gasteiger partial charge >= 0.3 is 19.3 Å². The number of carbonyl (C=O) groups is 1. The van der Waals surface area contributed by atoms with Gasteiger partial charge in [-0.3, -0.25) is 4.57 Å². The topological polar surface area (TPSA) is 98.2 Å². The first-order chi connectivity index (χ1) is 8.02. The summed E-state index contributed by atoms with van der Waals surface area (Å²) in [7, 11) is -2.29. The molecule has 0 saturated carbocycles. The summed E-state index contributed by atoms with van der Waals surface area (Å²) in [5.74, 6) is 0.190. The first-order valence-corrected chi connectivity index (χ1v) is 6.52. The molecule has 0 aromatic carbocycles. The van der Waals surface area contributed by atoms with E-state index in [-0.39, 0.29) is 13.2 Å². The van der Waals surface area contributed by atoms with Gasteiger partial charge in [-0.15, -0.1) is 0 Å². The third-order valence-electron chi connectivity index (χ3n) is 1.54. The minimum absolute atomic E-state index is 0.186. The van der Waals surface area contributed by atoms with Gasteiger partial charge in [-0.1, -0.05) is 0 Å². The molecular formula is C9H15N2O5P. The maximum Gasteiger partial charge on any atom is 0.421 e. The predicted molar refractivity (Wildman–Crippen MR) is 60.6 cm³/mol. The molecule has 96 valence electrons. The Morgan fingerprint density at radius 1 is 1.35 bits per heavy atom. The number of carbonyl (C=O) groups excluding carboxylic acids is 1. The summed E-state index contributed by atoms with van der Waals surface area (Å²) < 4.78 is 26.1. The average molecular weight is 262 g/mol. The number of hydrogen-bond acceptors (Lipinski definition) is 5. The molecule has 0 bridgehead atoms. The van der Waals surface area contributed by atoms with Crippen LogP contribution in [0.5, 0.6) is 0 Å². The highest BCUT2D eigenvalue weighted by atomic mass is 31.2. The van der Waals surface area contributed by atoms with Gasteiger partial charge in [0, 0.05) is 11.9 Å². The number of ether oxygens (including phenoxy) is 1. The molecule has 0 rings (SSSR count). The van der Waals surface area contributed by atoms with E-state index in [4.69, 9.17) is 14.6 Å². The molecule has 0 aliphatic rings. The standard InChI is InChI=1S/C9H15N2O5P/c1-4-15-17(13,16-5-2)7-6-8(11-10)9(12)14-3/h6-7H,4-5H2,1-3H3/b7-6+. The highest BCUT2D eigenvalue weighted by Gasteiger charge is 2.23. The zero-order chi connectivity index (χ0) is 13.3. The van der Waals surface area contributed by atoms with E-state index in [2.05, 4.69) is 9.53 Å². The normalized spacial score (nSPS) is 11.2. The molecule has 8 heteroatoms. The van der Waals surface area contributed by atoms with Crippen LogP contribution in [0.2, 0.25) is 0 Å². The Balaban J connectivity index is 4.92. The molecule has 7 nitrogen and oxygen atoms in total. The van der Waals surface area contributed by atoms with Crippen LogP contribution in [0.15, 0.2) is 11.9 Å². The van der Waals surface area contributed by atoms with Gasteiger partial charge in [-0.2, -0.15) is 4.79 Å². The summed E-state index contributed by atoms with van der Waals surface area (Å²) in [5.41, 5.74) is 8.15. The van der Waals surface area contributed by atoms with Crippen molar-refractivity contribution in [2.24, 2.45) is 0 Å². The van der Waals surface area contributed by atoms with Crippen LogP contribution in [0.3, 0.4) is 0 Å². The lowest BCUT2D eigenvalue weighted by atomic mass is 10.4.